The zero-order valence-electron chi connectivity index (χ0n) is 36.0. The van der Waals surface area contributed by atoms with Crippen LogP contribution in [0, 0.1) is 0 Å². The minimum Gasteiger partial charge on any atom is -0.310 e. The lowest BCUT2D eigenvalue weighted by atomic mass is 10.0. The highest BCUT2D eigenvalue weighted by atomic mass is 15.1. The van der Waals surface area contributed by atoms with E-state index in [-0.39, 0.29) is 0 Å². The van der Waals surface area contributed by atoms with Crippen molar-refractivity contribution in [2.75, 3.05) is 4.90 Å². The second-order valence-electron chi connectivity index (χ2n) is 16.6. The van der Waals surface area contributed by atoms with Gasteiger partial charge in [-0.15, -0.1) is 0 Å². The maximum absolute atomic E-state index is 5.31. The highest BCUT2D eigenvalue weighted by molar-refractivity contribution is 6.10. The Morgan fingerprint density at radius 1 is 0.288 bits per heavy atom. The average molecular weight is 843 g/mol. The molecule has 0 amide bonds. The number of hydrogen-bond donors (Lipinski definition) is 0. The van der Waals surface area contributed by atoms with Crippen LogP contribution >= 0.6 is 0 Å². The summed E-state index contributed by atoms with van der Waals surface area (Å²) in [6, 6.07) is 90.6. The number of fused-ring (bicyclic) bond motifs is 4. The Balaban J connectivity index is 0.958. The zero-order chi connectivity index (χ0) is 43.8. The molecular weight excluding hydrogens is 801 g/mol. The van der Waals surface area contributed by atoms with Crippen molar-refractivity contribution in [2.24, 2.45) is 0 Å². The van der Waals surface area contributed by atoms with Crippen molar-refractivity contribution in [1.82, 2.24) is 14.5 Å². The standard InChI is InChI=1S/C62H42N4/c1-4-15-43(16-5-1)46-27-29-49(30-28-46)61-56-24-10-12-25-58(56)63-62(64-61)50-35-40-60-57(41-50)55-23-11-13-26-59(55)66(60)54-22-14-21-53(42-54)65(51-36-31-47(32-37-51)44-17-6-2-7-18-44)52-38-33-48(34-39-52)45-19-8-3-9-20-45/h1-42H. The molecule has 0 saturated carbocycles. The number of nitrogens with zero attached hydrogens (tertiary/aromatic N) is 4. The first-order chi connectivity index (χ1) is 32.7. The molecule has 0 aliphatic rings. The predicted octanol–water partition coefficient (Wildman–Crippen LogP) is 16.5. The fourth-order valence-electron chi connectivity index (χ4n) is 9.35. The first kappa shape index (κ1) is 38.8. The van der Waals surface area contributed by atoms with Gasteiger partial charge in [0.05, 0.1) is 22.2 Å². The minimum atomic E-state index is 0.698. The molecule has 0 radical (unpaired) electrons. The maximum Gasteiger partial charge on any atom is 0.160 e. The van der Waals surface area contributed by atoms with Crippen molar-refractivity contribution in [3.63, 3.8) is 0 Å². The molecule has 0 fully saturated rings. The molecule has 4 nitrogen and oxygen atoms in total. The summed E-state index contributed by atoms with van der Waals surface area (Å²) < 4.78 is 2.38. The lowest BCUT2D eigenvalue weighted by molar-refractivity contribution is 1.17. The average Bonchev–Trinajstić information content (AvgIpc) is 3.73. The van der Waals surface area contributed by atoms with E-state index in [1.165, 1.54) is 38.8 Å². The summed E-state index contributed by atoms with van der Waals surface area (Å²) in [6.07, 6.45) is 0. The lowest BCUT2D eigenvalue weighted by Crippen LogP contribution is -2.10. The molecule has 0 unspecified atom stereocenters. The molecule has 12 rings (SSSR count). The molecule has 0 bridgehead atoms. The SMILES string of the molecule is c1ccc(-c2ccc(-c3nc(-c4ccc5c(c4)c4ccccc4n5-c4cccc(N(c5ccc(-c6ccccc6)cc5)c5ccc(-c6ccccc6)cc5)c4)nc4ccccc34)cc2)cc1. The maximum atomic E-state index is 5.31. The van der Waals surface area contributed by atoms with Crippen molar-refractivity contribution in [1.29, 1.82) is 0 Å². The molecule has 66 heavy (non-hydrogen) atoms. The minimum absolute atomic E-state index is 0.698. The lowest BCUT2D eigenvalue weighted by Gasteiger charge is -2.26. The van der Waals surface area contributed by atoms with Crippen LogP contribution in [0.4, 0.5) is 17.1 Å². The van der Waals surface area contributed by atoms with E-state index in [9.17, 15) is 0 Å². The summed E-state index contributed by atoms with van der Waals surface area (Å²) in [5.41, 5.74) is 17.5. The molecule has 0 spiro atoms. The molecule has 0 aliphatic heterocycles. The molecule has 4 heteroatoms. The first-order valence-electron chi connectivity index (χ1n) is 22.4. The van der Waals surface area contributed by atoms with Gasteiger partial charge in [-0.25, -0.2) is 9.97 Å². The van der Waals surface area contributed by atoms with Gasteiger partial charge in [-0.05, 0) is 106 Å². The first-order valence-corrected chi connectivity index (χ1v) is 22.4. The Hall–Kier alpha value is -8.86. The predicted molar refractivity (Wildman–Crippen MR) is 276 cm³/mol. The Morgan fingerprint density at radius 2 is 0.758 bits per heavy atom. The van der Waals surface area contributed by atoms with E-state index in [4.69, 9.17) is 9.97 Å². The van der Waals surface area contributed by atoms with Gasteiger partial charge in [0.15, 0.2) is 5.82 Å². The summed E-state index contributed by atoms with van der Waals surface area (Å²) >= 11 is 0. The molecule has 0 aliphatic carbocycles. The van der Waals surface area contributed by atoms with Gasteiger partial charge < -0.3 is 9.47 Å². The fraction of sp³-hybridized carbons (Fsp3) is 0. The Labute approximate surface area is 384 Å². The second-order valence-corrected chi connectivity index (χ2v) is 16.6. The highest BCUT2D eigenvalue weighted by Crippen LogP contribution is 2.40. The van der Waals surface area contributed by atoms with Crippen LogP contribution in [-0.4, -0.2) is 14.5 Å². The molecule has 2 heterocycles. The van der Waals surface area contributed by atoms with Crippen LogP contribution in [0.1, 0.15) is 0 Å². The Kier molecular flexibility index (Phi) is 9.81. The monoisotopic (exact) mass is 842 g/mol. The van der Waals surface area contributed by atoms with Crippen molar-refractivity contribution < 1.29 is 0 Å². The molecule has 310 valence electrons. The molecule has 0 N–H and O–H groups in total. The Bertz CT molecular complexity index is 3570. The number of rotatable bonds is 9. The zero-order valence-corrected chi connectivity index (χ0v) is 36.0. The van der Waals surface area contributed by atoms with Crippen LogP contribution in [0.3, 0.4) is 0 Å². The van der Waals surface area contributed by atoms with E-state index in [1.54, 1.807) is 0 Å². The van der Waals surface area contributed by atoms with Crippen molar-refractivity contribution >= 4 is 49.8 Å². The van der Waals surface area contributed by atoms with Gasteiger partial charge in [-0.3, -0.25) is 0 Å². The summed E-state index contributed by atoms with van der Waals surface area (Å²) in [5.74, 6) is 0.698. The van der Waals surface area contributed by atoms with Gasteiger partial charge in [0.1, 0.15) is 0 Å². The van der Waals surface area contributed by atoms with Crippen molar-refractivity contribution in [2.45, 2.75) is 0 Å². The normalized spacial score (nSPS) is 11.3. The summed E-state index contributed by atoms with van der Waals surface area (Å²) in [5, 5.41) is 3.34. The van der Waals surface area contributed by atoms with E-state index < -0.39 is 0 Å². The van der Waals surface area contributed by atoms with Gasteiger partial charge in [-0.2, -0.15) is 0 Å². The fourth-order valence-corrected chi connectivity index (χ4v) is 9.35. The molecule has 0 saturated heterocycles. The molecular formula is C62H42N4. The summed E-state index contributed by atoms with van der Waals surface area (Å²) in [4.78, 5) is 12.8. The van der Waals surface area contributed by atoms with Crippen LogP contribution < -0.4 is 4.90 Å². The Morgan fingerprint density at radius 3 is 1.36 bits per heavy atom. The number of benzene rings is 10. The van der Waals surface area contributed by atoms with Gasteiger partial charge in [-0.1, -0.05) is 182 Å². The van der Waals surface area contributed by atoms with Crippen molar-refractivity contribution in [3.8, 4) is 61.7 Å². The van der Waals surface area contributed by atoms with Gasteiger partial charge in [0, 0.05) is 50.0 Å². The summed E-state index contributed by atoms with van der Waals surface area (Å²) in [6.45, 7) is 0. The van der Waals surface area contributed by atoms with Crippen LogP contribution in [0.25, 0.3) is 94.4 Å². The third-order valence-corrected chi connectivity index (χ3v) is 12.6. The number of anilines is 3. The quantitative estimate of drug-likeness (QED) is 0.145. The summed E-state index contributed by atoms with van der Waals surface area (Å²) in [7, 11) is 0. The van der Waals surface area contributed by atoms with E-state index in [1.807, 2.05) is 12.1 Å². The van der Waals surface area contributed by atoms with Crippen LogP contribution in [-0.2, 0) is 0 Å². The van der Waals surface area contributed by atoms with E-state index >= 15 is 0 Å². The van der Waals surface area contributed by atoms with E-state index in [2.05, 4.69) is 252 Å². The van der Waals surface area contributed by atoms with Crippen LogP contribution in [0.2, 0.25) is 0 Å². The smallest absolute Gasteiger partial charge is 0.160 e. The number of aromatic nitrogens is 3. The topological polar surface area (TPSA) is 34.0 Å². The van der Waals surface area contributed by atoms with Gasteiger partial charge in [0.2, 0.25) is 0 Å². The second kappa shape index (κ2) is 16.7. The molecule has 12 aromatic rings. The van der Waals surface area contributed by atoms with E-state index in [0.29, 0.717) is 5.82 Å². The largest absolute Gasteiger partial charge is 0.310 e. The van der Waals surface area contributed by atoms with Crippen molar-refractivity contribution in [3.05, 3.63) is 255 Å². The van der Waals surface area contributed by atoms with Crippen LogP contribution in [0.15, 0.2) is 255 Å². The number of hydrogen-bond acceptors (Lipinski definition) is 3. The number of para-hydroxylation sites is 2. The van der Waals surface area contributed by atoms with Gasteiger partial charge >= 0.3 is 0 Å². The molecule has 2 aromatic heterocycles. The van der Waals surface area contributed by atoms with Gasteiger partial charge in [0.25, 0.3) is 0 Å². The van der Waals surface area contributed by atoms with E-state index in [0.717, 1.165) is 66.9 Å². The third kappa shape index (κ3) is 7.17. The van der Waals surface area contributed by atoms with Crippen LogP contribution in [0.5, 0.6) is 0 Å². The third-order valence-electron chi connectivity index (χ3n) is 12.6. The molecule has 10 aromatic carbocycles. The molecule has 0 atom stereocenters. The highest BCUT2D eigenvalue weighted by Gasteiger charge is 2.19.